The maximum atomic E-state index is 6.28. The van der Waals surface area contributed by atoms with Crippen molar-refractivity contribution in [3.63, 3.8) is 0 Å². The molecule has 56 heavy (non-hydrogen) atoms. The SMILES string of the molecule is c1ccc(-c2ccc(-c3cccc4c3sc3c(-c5cccc(-c6nc(-c7ccccc7)cc(-c7ccc8c(c7)oc7ccccc78)n6)c5)cccc34)cc2)cc1. The van der Waals surface area contributed by atoms with Crippen LogP contribution in [0.1, 0.15) is 0 Å². The van der Waals surface area contributed by atoms with Crippen molar-refractivity contribution in [2.24, 2.45) is 0 Å². The zero-order valence-corrected chi connectivity index (χ0v) is 31.0. The number of benzene rings is 8. The second kappa shape index (κ2) is 13.3. The molecule has 0 N–H and O–H groups in total. The Balaban J connectivity index is 1.02. The first-order valence-electron chi connectivity index (χ1n) is 18.8. The van der Waals surface area contributed by atoms with Crippen molar-refractivity contribution in [1.82, 2.24) is 9.97 Å². The third-order valence-electron chi connectivity index (χ3n) is 10.7. The zero-order chi connectivity index (χ0) is 37.0. The monoisotopic (exact) mass is 732 g/mol. The van der Waals surface area contributed by atoms with Crippen LogP contribution in [0.15, 0.2) is 199 Å². The molecule has 262 valence electrons. The van der Waals surface area contributed by atoms with E-state index < -0.39 is 0 Å². The van der Waals surface area contributed by atoms with Gasteiger partial charge in [-0.3, -0.25) is 0 Å². The van der Waals surface area contributed by atoms with Gasteiger partial charge in [-0.2, -0.15) is 0 Å². The molecule has 0 aliphatic heterocycles. The number of thiophene rings is 1. The highest BCUT2D eigenvalue weighted by atomic mass is 32.1. The highest BCUT2D eigenvalue weighted by molar-refractivity contribution is 7.26. The fourth-order valence-corrected chi connectivity index (χ4v) is 9.31. The molecule has 0 saturated carbocycles. The van der Waals surface area contributed by atoms with Crippen molar-refractivity contribution in [2.45, 2.75) is 0 Å². The summed E-state index contributed by atoms with van der Waals surface area (Å²) in [4.78, 5) is 10.4. The molecule has 3 aromatic heterocycles. The van der Waals surface area contributed by atoms with Gasteiger partial charge in [0.15, 0.2) is 5.82 Å². The van der Waals surface area contributed by atoms with Gasteiger partial charge in [0.1, 0.15) is 11.2 Å². The average Bonchev–Trinajstić information content (AvgIpc) is 3.85. The molecular weight excluding hydrogens is 701 g/mol. The van der Waals surface area contributed by atoms with Crippen LogP contribution in [0.5, 0.6) is 0 Å². The van der Waals surface area contributed by atoms with E-state index in [1.807, 2.05) is 35.6 Å². The topological polar surface area (TPSA) is 38.9 Å². The molecule has 4 heteroatoms. The van der Waals surface area contributed by atoms with E-state index in [-0.39, 0.29) is 0 Å². The summed E-state index contributed by atoms with van der Waals surface area (Å²) >= 11 is 1.87. The maximum absolute atomic E-state index is 6.28. The van der Waals surface area contributed by atoms with Crippen LogP contribution in [0.25, 0.3) is 109 Å². The molecule has 0 amide bonds. The summed E-state index contributed by atoms with van der Waals surface area (Å²) < 4.78 is 8.84. The molecule has 0 bridgehead atoms. The second-order valence-electron chi connectivity index (χ2n) is 14.1. The van der Waals surface area contributed by atoms with Crippen molar-refractivity contribution in [1.29, 1.82) is 0 Å². The Bertz CT molecular complexity index is 3240. The molecule has 0 fully saturated rings. The molecular formula is C52H32N2OS. The number of fused-ring (bicyclic) bond motifs is 6. The standard InChI is InChI=1S/C52H32N2OS/c1-3-12-33(13-4-1)34-24-26-35(27-25-34)40-19-10-21-44-45-22-11-20-41(51(45)56-50(40)44)37-16-9-17-39(30-37)52-53-46(36-14-5-2-6-15-36)32-47(54-52)38-28-29-43-42-18-7-8-23-48(42)55-49(43)31-38/h1-32H. The van der Waals surface area contributed by atoms with E-state index in [4.69, 9.17) is 14.4 Å². The summed E-state index contributed by atoms with van der Waals surface area (Å²) in [6, 6.07) is 68.5. The van der Waals surface area contributed by atoms with Gasteiger partial charge in [-0.1, -0.05) is 164 Å². The van der Waals surface area contributed by atoms with Gasteiger partial charge in [0, 0.05) is 47.6 Å². The molecule has 0 aliphatic carbocycles. The van der Waals surface area contributed by atoms with Gasteiger partial charge in [-0.25, -0.2) is 9.97 Å². The van der Waals surface area contributed by atoms with Gasteiger partial charge >= 0.3 is 0 Å². The Morgan fingerprint density at radius 2 is 0.839 bits per heavy atom. The van der Waals surface area contributed by atoms with Gasteiger partial charge in [0.2, 0.25) is 0 Å². The maximum Gasteiger partial charge on any atom is 0.160 e. The summed E-state index contributed by atoms with van der Waals surface area (Å²) in [7, 11) is 0. The van der Waals surface area contributed by atoms with Crippen molar-refractivity contribution in [3.05, 3.63) is 194 Å². The van der Waals surface area contributed by atoms with Crippen LogP contribution in [-0.4, -0.2) is 9.97 Å². The van der Waals surface area contributed by atoms with Gasteiger partial charge in [0.25, 0.3) is 0 Å². The number of rotatable bonds is 6. The highest BCUT2D eigenvalue weighted by Crippen LogP contribution is 2.44. The number of hydrogen-bond donors (Lipinski definition) is 0. The lowest BCUT2D eigenvalue weighted by Gasteiger charge is -2.11. The molecule has 0 unspecified atom stereocenters. The summed E-state index contributed by atoms with van der Waals surface area (Å²) in [5, 5.41) is 4.75. The number of aromatic nitrogens is 2. The molecule has 0 radical (unpaired) electrons. The number of para-hydroxylation sites is 1. The third-order valence-corrected chi connectivity index (χ3v) is 12.0. The van der Waals surface area contributed by atoms with Crippen molar-refractivity contribution in [2.75, 3.05) is 0 Å². The van der Waals surface area contributed by atoms with E-state index in [0.29, 0.717) is 5.82 Å². The molecule has 0 atom stereocenters. The minimum Gasteiger partial charge on any atom is -0.456 e. The lowest BCUT2D eigenvalue weighted by Crippen LogP contribution is -1.96. The molecule has 3 heterocycles. The van der Waals surface area contributed by atoms with Crippen LogP contribution >= 0.6 is 11.3 Å². The summed E-state index contributed by atoms with van der Waals surface area (Å²) in [6.07, 6.45) is 0. The van der Waals surface area contributed by atoms with E-state index in [2.05, 4.69) is 170 Å². The molecule has 0 saturated heterocycles. The van der Waals surface area contributed by atoms with E-state index in [1.54, 1.807) is 0 Å². The molecule has 3 nitrogen and oxygen atoms in total. The fourth-order valence-electron chi connectivity index (χ4n) is 7.94. The normalized spacial score (nSPS) is 11.6. The molecule has 0 spiro atoms. The van der Waals surface area contributed by atoms with Gasteiger partial charge < -0.3 is 4.42 Å². The summed E-state index contributed by atoms with van der Waals surface area (Å²) in [6.45, 7) is 0. The molecule has 11 aromatic rings. The lowest BCUT2D eigenvalue weighted by molar-refractivity contribution is 0.669. The third kappa shape index (κ3) is 5.58. The Morgan fingerprint density at radius 3 is 1.59 bits per heavy atom. The smallest absolute Gasteiger partial charge is 0.160 e. The van der Waals surface area contributed by atoms with Gasteiger partial charge in [-0.15, -0.1) is 11.3 Å². The first kappa shape index (κ1) is 32.3. The lowest BCUT2D eigenvalue weighted by atomic mass is 9.98. The van der Waals surface area contributed by atoms with Crippen LogP contribution in [0.3, 0.4) is 0 Å². The fraction of sp³-hybridized carbons (Fsp3) is 0. The number of hydrogen-bond acceptors (Lipinski definition) is 4. The Morgan fingerprint density at radius 1 is 0.321 bits per heavy atom. The summed E-state index contributed by atoms with van der Waals surface area (Å²) in [5.41, 5.74) is 13.7. The van der Waals surface area contributed by atoms with E-state index >= 15 is 0 Å². The van der Waals surface area contributed by atoms with Crippen LogP contribution in [-0.2, 0) is 0 Å². The van der Waals surface area contributed by atoms with E-state index in [9.17, 15) is 0 Å². The first-order valence-corrected chi connectivity index (χ1v) is 19.6. The van der Waals surface area contributed by atoms with Crippen LogP contribution < -0.4 is 0 Å². The van der Waals surface area contributed by atoms with E-state index in [1.165, 1.54) is 48.0 Å². The first-order chi connectivity index (χ1) is 27.7. The second-order valence-corrected chi connectivity index (χ2v) is 15.1. The molecule has 8 aromatic carbocycles. The Hall–Kier alpha value is -7.14. The van der Waals surface area contributed by atoms with Gasteiger partial charge in [0.05, 0.1) is 11.4 Å². The van der Waals surface area contributed by atoms with Gasteiger partial charge in [-0.05, 0) is 63.7 Å². The highest BCUT2D eigenvalue weighted by Gasteiger charge is 2.17. The van der Waals surface area contributed by atoms with Crippen LogP contribution in [0.2, 0.25) is 0 Å². The molecule has 0 aliphatic rings. The van der Waals surface area contributed by atoms with E-state index in [0.717, 1.165) is 55.6 Å². The Labute approximate surface area is 327 Å². The number of furan rings is 1. The minimum atomic E-state index is 0.678. The zero-order valence-electron chi connectivity index (χ0n) is 30.2. The average molecular weight is 733 g/mol. The predicted molar refractivity (Wildman–Crippen MR) is 235 cm³/mol. The quantitative estimate of drug-likeness (QED) is 0.171. The largest absolute Gasteiger partial charge is 0.456 e. The Kier molecular flexibility index (Phi) is 7.68. The van der Waals surface area contributed by atoms with Crippen molar-refractivity contribution >= 4 is 53.4 Å². The van der Waals surface area contributed by atoms with Crippen LogP contribution in [0, 0.1) is 0 Å². The molecule has 11 rings (SSSR count). The van der Waals surface area contributed by atoms with Crippen LogP contribution in [0.4, 0.5) is 0 Å². The number of nitrogens with zero attached hydrogens (tertiary/aromatic N) is 2. The minimum absolute atomic E-state index is 0.678. The predicted octanol–water partition coefficient (Wildman–Crippen LogP) is 14.7. The van der Waals surface area contributed by atoms with Crippen molar-refractivity contribution in [3.8, 4) is 67.3 Å². The summed E-state index contributed by atoms with van der Waals surface area (Å²) in [5.74, 6) is 0.678. The van der Waals surface area contributed by atoms with Crippen molar-refractivity contribution < 1.29 is 4.42 Å².